The molecule has 0 radical (unpaired) electrons. The number of hydrogen-bond donors (Lipinski definition) is 2. The van der Waals surface area contributed by atoms with Crippen molar-refractivity contribution in [3.05, 3.63) is 17.3 Å². The highest BCUT2D eigenvalue weighted by molar-refractivity contribution is 6.30. The molecule has 9 heavy (non-hydrogen) atoms. The smallest absolute Gasteiger partial charge is 0.293 e. The van der Waals surface area contributed by atoms with Gasteiger partial charge in [0.05, 0.1) is 5.02 Å². The second-order valence-corrected chi connectivity index (χ2v) is 2.12. The third kappa shape index (κ3) is 1.23. The molecule has 0 amide bonds. The molecule has 0 saturated heterocycles. The maximum atomic E-state index is 5.55. The van der Waals surface area contributed by atoms with Gasteiger partial charge in [-0.2, -0.15) is 0 Å². The van der Waals surface area contributed by atoms with Crippen molar-refractivity contribution < 1.29 is 4.98 Å². The van der Waals surface area contributed by atoms with Crippen LogP contribution in [0.5, 0.6) is 0 Å². The SMILES string of the molecule is Nc1cc(Cl)c[nH+]c1N. The van der Waals surface area contributed by atoms with Gasteiger partial charge in [-0.15, -0.1) is 0 Å². The monoisotopic (exact) mass is 144 g/mol. The number of halogens is 1. The van der Waals surface area contributed by atoms with E-state index in [1.165, 1.54) is 0 Å². The molecule has 0 fully saturated rings. The minimum absolute atomic E-state index is 0.444. The first-order valence-electron chi connectivity index (χ1n) is 2.42. The van der Waals surface area contributed by atoms with Crippen LogP contribution in [-0.2, 0) is 0 Å². The van der Waals surface area contributed by atoms with Crippen LogP contribution in [0, 0.1) is 0 Å². The average molecular weight is 145 g/mol. The van der Waals surface area contributed by atoms with Gasteiger partial charge < -0.3 is 5.73 Å². The van der Waals surface area contributed by atoms with Crippen LogP contribution in [0.1, 0.15) is 0 Å². The minimum atomic E-state index is 0.444. The highest BCUT2D eigenvalue weighted by atomic mass is 35.5. The summed E-state index contributed by atoms with van der Waals surface area (Å²) in [6, 6.07) is 1.59. The predicted molar refractivity (Wildman–Crippen MR) is 36.8 cm³/mol. The van der Waals surface area contributed by atoms with Crippen LogP contribution in [0.15, 0.2) is 12.3 Å². The first-order chi connectivity index (χ1) is 4.20. The van der Waals surface area contributed by atoms with Crippen molar-refractivity contribution in [1.82, 2.24) is 0 Å². The van der Waals surface area contributed by atoms with Crippen LogP contribution in [0.4, 0.5) is 11.5 Å². The lowest BCUT2D eigenvalue weighted by atomic mass is 10.4. The summed E-state index contributed by atoms with van der Waals surface area (Å²) in [5.41, 5.74) is 11.2. The lowest BCUT2D eigenvalue weighted by Gasteiger charge is -1.90. The molecule has 0 aliphatic carbocycles. The summed E-state index contributed by atoms with van der Waals surface area (Å²) in [7, 11) is 0. The topological polar surface area (TPSA) is 66.2 Å². The largest absolute Gasteiger partial charge is 0.392 e. The number of nitrogen functional groups attached to an aromatic ring is 2. The highest BCUT2D eigenvalue weighted by Gasteiger charge is 1.99. The molecule has 1 aromatic heterocycles. The predicted octanol–water partition coefficient (Wildman–Crippen LogP) is 0.319. The van der Waals surface area contributed by atoms with E-state index in [9.17, 15) is 0 Å². The molecule has 1 rings (SSSR count). The first kappa shape index (κ1) is 6.16. The molecule has 3 nitrogen and oxygen atoms in total. The summed E-state index contributed by atoms with van der Waals surface area (Å²) in [6.45, 7) is 0. The molecule has 0 aliphatic heterocycles. The minimum Gasteiger partial charge on any atom is -0.392 e. The highest BCUT2D eigenvalue weighted by Crippen LogP contribution is 2.12. The first-order valence-corrected chi connectivity index (χ1v) is 2.80. The average Bonchev–Trinajstić information content (AvgIpc) is 1.80. The normalized spacial score (nSPS) is 9.44. The molecule has 1 heterocycles. The molecule has 0 saturated carbocycles. The molecule has 4 heteroatoms. The van der Waals surface area contributed by atoms with Crippen molar-refractivity contribution in [2.45, 2.75) is 0 Å². The Bertz CT molecular complexity index is 223. The summed E-state index contributed by atoms with van der Waals surface area (Å²) in [5, 5.41) is 0.557. The fourth-order valence-electron chi connectivity index (χ4n) is 0.498. The van der Waals surface area contributed by atoms with Crippen LogP contribution < -0.4 is 16.5 Å². The summed E-state index contributed by atoms with van der Waals surface area (Å²) in [5.74, 6) is 0.444. The van der Waals surface area contributed by atoms with Gasteiger partial charge in [0.2, 0.25) is 0 Å². The maximum Gasteiger partial charge on any atom is 0.293 e. The van der Waals surface area contributed by atoms with Crippen molar-refractivity contribution in [1.29, 1.82) is 0 Å². The number of pyridine rings is 1. The molecule has 0 aromatic carbocycles. The van der Waals surface area contributed by atoms with Gasteiger partial charge in [0.15, 0.2) is 0 Å². The van der Waals surface area contributed by atoms with Gasteiger partial charge in [0.25, 0.3) is 5.82 Å². The van der Waals surface area contributed by atoms with E-state index in [0.29, 0.717) is 16.5 Å². The zero-order valence-corrected chi connectivity index (χ0v) is 5.44. The van der Waals surface area contributed by atoms with Crippen molar-refractivity contribution in [2.75, 3.05) is 11.5 Å². The Morgan fingerprint density at radius 2 is 2.11 bits per heavy atom. The van der Waals surface area contributed by atoms with Crippen LogP contribution in [0.3, 0.4) is 0 Å². The Labute approximate surface area is 57.6 Å². The van der Waals surface area contributed by atoms with Gasteiger partial charge in [-0.1, -0.05) is 11.6 Å². The number of nitrogens with two attached hydrogens (primary N) is 2. The van der Waals surface area contributed by atoms with E-state index < -0.39 is 0 Å². The standard InChI is InChI=1S/C5H6ClN3/c6-3-1-4(7)5(8)9-2-3/h1-2H,7H2,(H2,8,9)/p+1. The van der Waals surface area contributed by atoms with Gasteiger partial charge in [-0.05, 0) is 6.07 Å². The third-order valence-electron chi connectivity index (χ3n) is 0.970. The number of anilines is 2. The zero-order valence-electron chi connectivity index (χ0n) is 4.69. The number of H-pyrrole nitrogens is 1. The molecular formula is C5H7ClN3+. The molecule has 0 bridgehead atoms. The maximum absolute atomic E-state index is 5.55. The van der Waals surface area contributed by atoms with Crippen molar-refractivity contribution in [3.8, 4) is 0 Å². The van der Waals surface area contributed by atoms with E-state index in [4.69, 9.17) is 23.1 Å². The van der Waals surface area contributed by atoms with Gasteiger partial charge >= 0.3 is 0 Å². The van der Waals surface area contributed by atoms with Gasteiger partial charge in [-0.3, -0.25) is 5.73 Å². The fraction of sp³-hybridized carbons (Fsp3) is 0. The van der Waals surface area contributed by atoms with Gasteiger partial charge in [0.1, 0.15) is 11.9 Å². The quantitative estimate of drug-likeness (QED) is 0.551. The van der Waals surface area contributed by atoms with E-state index in [2.05, 4.69) is 4.98 Å². The molecule has 1 aromatic rings. The molecule has 0 atom stereocenters. The Balaban J connectivity index is 3.17. The molecule has 48 valence electrons. The van der Waals surface area contributed by atoms with Gasteiger partial charge in [-0.25, -0.2) is 4.98 Å². The Morgan fingerprint density at radius 3 is 2.56 bits per heavy atom. The van der Waals surface area contributed by atoms with Crippen molar-refractivity contribution in [3.63, 3.8) is 0 Å². The second-order valence-electron chi connectivity index (χ2n) is 1.69. The van der Waals surface area contributed by atoms with E-state index in [1.807, 2.05) is 0 Å². The fourth-order valence-corrected chi connectivity index (χ4v) is 0.670. The number of nitrogens with one attached hydrogen (secondary N) is 1. The van der Waals surface area contributed by atoms with Crippen molar-refractivity contribution in [2.24, 2.45) is 0 Å². The van der Waals surface area contributed by atoms with Crippen molar-refractivity contribution >= 4 is 23.1 Å². The van der Waals surface area contributed by atoms with Crippen LogP contribution >= 0.6 is 11.6 Å². The Kier molecular flexibility index (Phi) is 1.44. The number of aromatic amines is 1. The van der Waals surface area contributed by atoms with Crippen LogP contribution in [0.2, 0.25) is 5.02 Å². The third-order valence-corrected chi connectivity index (χ3v) is 1.19. The van der Waals surface area contributed by atoms with E-state index in [0.717, 1.165) is 0 Å². The number of aromatic nitrogens is 1. The van der Waals surface area contributed by atoms with E-state index in [1.54, 1.807) is 12.3 Å². The summed E-state index contributed by atoms with van der Waals surface area (Å²) in [4.78, 5) is 2.69. The lowest BCUT2D eigenvalue weighted by Crippen LogP contribution is -2.11. The zero-order chi connectivity index (χ0) is 6.85. The van der Waals surface area contributed by atoms with E-state index >= 15 is 0 Å². The number of hydrogen-bond acceptors (Lipinski definition) is 2. The lowest BCUT2D eigenvalue weighted by molar-refractivity contribution is -0.359. The molecule has 5 N–H and O–H groups in total. The Morgan fingerprint density at radius 1 is 1.44 bits per heavy atom. The molecule has 0 unspecified atom stereocenters. The van der Waals surface area contributed by atoms with Gasteiger partial charge in [0, 0.05) is 0 Å². The summed E-state index contributed by atoms with van der Waals surface area (Å²) in [6.07, 6.45) is 1.58. The molecular weight excluding hydrogens is 138 g/mol. The van der Waals surface area contributed by atoms with Crippen LogP contribution in [-0.4, -0.2) is 0 Å². The van der Waals surface area contributed by atoms with E-state index in [-0.39, 0.29) is 0 Å². The summed E-state index contributed by atoms with van der Waals surface area (Å²) < 4.78 is 0. The molecule has 0 aliphatic rings. The molecule has 0 spiro atoms. The summed E-state index contributed by atoms with van der Waals surface area (Å²) >= 11 is 5.55. The Hall–Kier alpha value is -0.960. The van der Waals surface area contributed by atoms with Crippen LogP contribution in [0.25, 0.3) is 0 Å². The number of rotatable bonds is 0. The second kappa shape index (κ2) is 2.11.